The number of hydrogen-bond donors (Lipinski definition) is 0. The van der Waals surface area contributed by atoms with E-state index in [-0.39, 0.29) is 24.2 Å². The Morgan fingerprint density at radius 3 is 2.88 bits per heavy atom. The minimum atomic E-state index is -1.15. The highest BCUT2D eigenvalue weighted by molar-refractivity contribution is 5.83. The van der Waals surface area contributed by atoms with Gasteiger partial charge in [-0.2, -0.15) is 4.39 Å². The zero-order valence-electron chi connectivity index (χ0n) is 13.5. The quantitative estimate of drug-likeness (QED) is 0.802. The van der Waals surface area contributed by atoms with Crippen molar-refractivity contribution in [2.24, 2.45) is 5.92 Å². The zero-order chi connectivity index (χ0) is 16.9. The normalized spacial score (nSPS) is 28.5. The van der Waals surface area contributed by atoms with Gasteiger partial charge in [-0.05, 0) is 44.7 Å². The molecule has 0 bridgehead atoms. The first-order valence-corrected chi connectivity index (χ1v) is 8.35. The standard InChI is InChI=1S/C18H19F2N3O/c1-18(20)6-4-11(5-7-18)15(24)8-13-17-12(2-3-16(19)22-17)14-9-21-10-23(13)14/h2-3,9-11,13H,4-8H2,1H3. The highest BCUT2D eigenvalue weighted by atomic mass is 19.1. The van der Waals surface area contributed by atoms with E-state index in [1.807, 2.05) is 4.57 Å². The van der Waals surface area contributed by atoms with Gasteiger partial charge in [0.1, 0.15) is 11.5 Å². The monoisotopic (exact) mass is 331 g/mol. The van der Waals surface area contributed by atoms with Crippen LogP contribution in [0.25, 0.3) is 11.3 Å². The molecule has 24 heavy (non-hydrogen) atoms. The van der Waals surface area contributed by atoms with Crippen LogP contribution in [0.1, 0.15) is 50.8 Å². The molecular formula is C18H19F2N3O. The van der Waals surface area contributed by atoms with Gasteiger partial charge in [-0.25, -0.2) is 14.4 Å². The molecule has 1 aliphatic carbocycles. The summed E-state index contributed by atoms with van der Waals surface area (Å²) in [4.78, 5) is 20.9. The summed E-state index contributed by atoms with van der Waals surface area (Å²) >= 11 is 0. The molecule has 2 aromatic rings. The minimum Gasteiger partial charge on any atom is -0.321 e. The molecule has 1 atom stereocenters. The van der Waals surface area contributed by atoms with Gasteiger partial charge in [0.25, 0.3) is 0 Å². The fourth-order valence-electron chi connectivity index (χ4n) is 3.91. The van der Waals surface area contributed by atoms with Crippen molar-refractivity contribution in [3.8, 4) is 11.3 Å². The molecule has 1 fully saturated rings. The van der Waals surface area contributed by atoms with E-state index in [2.05, 4.69) is 9.97 Å². The van der Waals surface area contributed by atoms with Crippen molar-refractivity contribution in [1.29, 1.82) is 0 Å². The van der Waals surface area contributed by atoms with Crippen LogP contribution >= 0.6 is 0 Å². The predicted molar refractivity (Wildman–Crippen MR) is 84.7 cm³/mol. The number of ketones is 1. The SMILES string of the molecule is CC1(F)CCC(C(=O)CC2c3nc(F)ccc3-c3cncn32)CC1. The molecule has 0 amide bonds. The Labute approximate surface area is 138 Å². The number of pyridine rings is 1. The molecule has 1 saturated carbocycles. The van der Waals surface area contributed by atoms with Crippen molar-refractivity contribution in [2.45, 2.75) is 50.7 Å². The molecule has 0 spiro atoms. The van der Waals surface area contributed by atoms with Crippen molar-refractivity contribution in [3.63, 3.8) is 0 Å². The van der Waals surface area contributed by atoms with Crippen LogP contribution < -0.4 is 0 Å². The largest absolute Gasteiger partial charge is 0.321 e. The Balaban J connectivity index is 1.57. The van der Waals surface area contributed by atoms with Crippen LogP contribution in [0.4, 0.5) is 8.78 Å². The van der Waals surface area contributed by atoms with E-state index in [1.165, 1.54) is 6.07 Å². The second kappa shape index (κ2) is 5.46. The molecule has 4 rings (SSSR count). The zero-order valence-corrected chi connectivity index (χ0v) is 13.5. The number of halogens is 2. The van der Waals surface area contributed by atoms with Gasteiger partial charge in [0.15, 0.2) is 0 Å². The van der Waals surface area contributed by atoms with E-state index in [9.17, 15) is 13.6 Å². The van der Waals surface area contributed by atoms with E-state index >= 15 is 0 Å². The number of carbonyl (C=O) groups excluding carboxylic acids is 1. The summed E-state index contributed by atoms with van der Waals surface area (Å²) in [5.41, 5.74) is 1.12. The van der Waals surface area contributed by atoms with Crippen molar-refractivity contribution in [1.82, 2.24) is 14.5 Å². The molecular weight excluding hydrogens is 312 g/mol. The fourth-order valence-corrected chi connectivity index (χ4v) is 3.91. The number of alkyl halides is 1. The van der Waals surface area contributed by atoms with Crippen LogP contribution in [-0.4, -0.2) is 26.0 Å². The maximum Gasteiger partial charge on any atom is 0.213 e. The maximum atomic E-state index is 13.9. The Morgan fingerprint density at radius 1 is 1.38 bits per heavy atom. The Bertz CT molecular complexity index is 789. The average Bonchev–Trinajstić information content (AvgIpc) is 3.10. The van der Waals surface area contributed by atoms with Crippen molar-refractivity contribution < 1.29 is 13.6 Å². The first kappa shape index (κ1) is 15.4. The Morgan fingerprint density at radius 2 is 2.12 bits per heavy atom. The topological polar surface area (TPSA) is 47.8 Å². The molecule has 0 saturated heterocycles. The van der Waals surface area contributed by atoms with E-state index < -0.39 is 11.6 Å². The van der Waals surface area contributed by atoms with Crippen molar-refractivity contribution >= 4 is 5.78 Å². The molecule has 0 aromatic carbocycles. The summed E-state index contributed by atoms with van der Waals surface area (Å²) < 4.78 is 29.4. The molecule has 3 heterocycles. The van der Waals surface area contributed by atoms with Gasteiger partial charge in [0.2, 0.25) is 5.95 Å². The van der Waals surface area contributed by atoms with Crippen LogP contribution in [-0.2, 0) is 4.79 Å². The van der Waals surface area contributed by atoms with E-state index in [0.717, 1.165) is 11.3 Å². The molecule has 2 aromatic heterocycles. The van der Waals surface area contributed by atoms with Crippen LogP contribution in [0.2, 0.25) is 0 Å². The number of rotatable bonds is 3. The van der Waals surface area contributed by atoms with Crippen LogP contribution in [0, 0.1) is 11.9 Å². The number of hydrogen-bond acceptors (Lipinski definition) is 3. The number of carbonyl (C=O) groups is 1. The summed E-state index contributed by atoms with van der Waals surface area (Å²) in [6.45, 7) is 1.60. The van der Waals surface area contributed by atoms with Crippen molar-refractivity contribution in [2.75, 3.05) is 0 Å². The highest BCUT2D eigenvalue weighted by Crippen LogP contribution is 2.42. The van der Waals surface area contributed by atoms with E-state index in [1.54, 1.807) is 25.5 Å². The summed E-state index contributed by atoms with van der Waals surface area (Å²) in [5, 5.41) is 0. The molecule has 0 radical (unpaired) electrons. The van der Waals surface area contributed by atoms with E-state index in [0.29, 0.717) is 31.4 Å². The van der Waals surface area contributed by atoms with Gasteiger partial charge in [-0.15, -0.1) is 0 Å². The first-order chi connectivity index (χ1) is 11.4. The lowest BCUT2D eigenvalue weighted by atomic mass is 9.78. The highest BCUT2D eigenvalue weighted by Gasteiger charge is 2.37. The molecule has 126 valence electrons. The number of imidazole rings is 1. The summed E-state index contributed by atoms with van der Waals surface area (Å²) in [6, 6.07) is 2.69. The second-order valence-corrected chi connectivity index (χ2v) is 7.13. The van der Waals surface area contributed by atoms with Crippen molar-refractivity contribution in [3.05, 3.63) is 36.3 Å². The molecule has 1 aliphatic heterocycles. The van der Waals surface area contributed by atoms with E-state index in [4.69, 9.17) is 0 Å². The number of nitrogens with zero attached hydrogens (tertiary/aromatic N) is 3. The third kappa shape index (κ3) is 2.54. The molecule has 4 nitrogen and oxygen atoms in total. The van der Waals surface area contributed by atoms with Gasteiger partial charge in [0, 0.05) is 17.9 Å². The average molecular weight is 331 g/mol. The lowest BCUT2D eigenvalue weighted by Crippen LogP contribution is -2.30. The smallest absolute Gasteiger partial charge is 0.213 e. The minimum absolute atomic E-state index is 0.106. The van der Waals surface area contributed by atoms with Gasteiger partial charge in [-0.1, -0.05) is 0 Å². The van der Waals surface area contributed by atoms with Gasteiger partial charge >= 0.3 is 0 Å². The van der Waals surface area contributed by atoms with Crippen LogP contribution in [0.3, 0.4) is 0 Å². The van der Waals surface area contributed by atoms with Crippen LogP contribution in [0.5, 0.6) is 0 Å². The third-order valence-corrected chi connectivity index (χ3v) is 5.36. The Kier molecular flexibility index (Phi) is 3.51. The molecule has 6 heteroatoms. The van der Waals surface area contributed by atoms with Crippen LogP contribution in [0.15, 0.2) is 24.7 Å². The predicted octanol–water partition coefficient (Wildman–Crippen LogP) is 3.86. The number of Topliss-reactive ketones (excluding diaryl/α,β-unsaturated/α-hetero) is 1. The lowest BCUT2D eigenvalue weighted by Gasteiger charge is -2.30. The lowest BCUT2D eigenvalue weighted by molar-refractivity contribution is -0.125. The summed E-state index contributed by atoms with van der Waals surface area (Å²) in [7, 11) is 0. The third-order valence-electron chi connectivity index (χ3n) is 5.36. The van der Waals surface area contributed by atoms with Gasteiger partial charge in [0.05, 0.1) is 30.0 Å². The molecule has 1 unspecified atom stereocenters. The fraction of sp³-hybridized carbons (Fsp3) is 0.500. The molecule has 0 N–H and O–H groups in total. The Hall–Kier alpha value is -2.11. The van der Waals surface area contributed by atoms with Gasteiger partial charge < -0.3 is 4.57 Å². The first-order valence-electron chi connectivity index (χ1n) is 8.35. The number of fused-ring (bicyclic) bond motifs is 3. The second-order valence-electron chi connectivity index (χ2n) is 7.13. The molecule has 2 aliphatic rings. The number of aromatic nitrogens is 3. The van der Waals surface area contributed by atoms with Gasteiger partial charge in [-0.3, -0.25) is 4.79 Å². The summed E-state index contributed by atoms with van der Waals surface area (Å²) in [5.74, 6) is -0.553. The maximum absolute atomic E-state index is 13.9. The summed E-state index contributed by atoms with van der Waals surface area (Å²) in [6.07, 6.45) is 5.63.